The second-order valence-electron chi connectivity index (χ2n) is 5.29. The number of rotatable bonds is 9. The molecular formula is C15H11F9O4. The smallest absolute Gasteiger partial charge is 0.340 e. The van der Waals surface area contributed by atoms with E-state index in [4.69, 9.17) is 0 Å². The molecule has 158 valence electrons. The molecular weight excluding hydrogens is 415 g/mol. The number of esters is 2. The molecule has 0 aliphatic heterocycles. The number of hydrogen-bond donors (Lipinski definition) is 0. The molecule has 0 aromatic heterocycles. The molecule has 1 rings (SSSR count). The van der Waals surface area contributed by atoms with Gasteiger partial charge in [-0.15, -0.1) is 0 Å². The number of carbonyl (C=O) groups is 2. The van der Waals surface area contributed by atoms with Gasteiger partial charge >= 0.3 is 24.3 Å². The third-order valence-electron chi connectivity index (χ3n) is 3.18. The summed E-state index contributed by atoms with van der Waals surface area (Å²) in [6.07, 6.45) is -5.70. The van der Waals surface area contributed by atoms with Gasteiger partial charge in [0.1, 0.15) is 6.61 Å². The van der Waals surface area contributed by atoms with Crippen LogP contribution in [0.15, 0.2) is 0 Å². The van der Waals surface area contributed by atoms with E-state index in [1.807, 2.05) is 0 Å². The highest BCUT2D eigenvalue weighted by Crippen LogP contribution is 2.24. The Morgan fingerprint density at radius 1 is 0.786 bits per heavy atom. The van der Waals surface area contributed by atoms with Crippen molar-refractivity contribution in [2.24, 2.45) is 0 Å². The monoisotopic (exact) mass is 426 g/mol. The van der Waals surface area contributed by atoms with Gasteiger partial charge in [-0.25, -0.2) is 30.7 Å². The third kappa shape index (κ3) is 6.02. The standard InChI is InChI=1S/C15H11F9O4/c16-9-6(10(17)12(19)13(20)11(9)18)4-27-7(25)2-1-3-8(26)28-5-15(23,24)14(21)22/h14H,1-5H2. The Bertz CT molecular complexity index is 708. The first kappa shape index (κ1) is 23.6. The van der Waals surface area contributed by atoms with Crippen LogP contribution in [0, 0.1) is 29.1 Å². The lowest BCUT2D eigenvalue weighted by atomic mass is 10.2. The lowest BCUT2D eigenvalue weighted by Gasteiger charge is -2.14. The first-order chi connectivity index (χ1) is 12.9. The Hall–Kier alpha value is -2.47. The molecule has 0 radical (unpaired) electrons. The Morgan fingerprint density at radius 3 is 1.68 bits per heavy atom. The van der Waals surface area contributed by atoms with Gasteiger partial charge in [0.2, 0.25) is 5.82 Å². The van der Waals surface area contributed by atoms with Gasteiger partial charge in [-0.3, -0.25) is 9.59 Å². The molecule has 1 aromatic carbocycles. The Labute approximate surface area is 151 Å². The maximum absolute atomic E-state index is 13.4. The second kappa shape index (κ2) is 9.64. The van der Waals surface area contributed by atoms with Crippen LogP contribution in [0.5, 0.6) is 0 Å². The highest BCUT2D eigenvalue weighted by atomic mass is 19.3. The molecule has 13 heteroatoms. The predicted octanol–water partition coefficient (Wildman–Crippen LogP) is 4.04. The molecule has 0 saturated carbocycles. The van der Waals surface area contributed by atoms with Crippen molar-refractivity contribution in [1.29, 1.82) is 0 Å². The van der Waals surface area contributed by atoms with E-state index in [9.17, 15) is 49.1 Å². The molecule has 0 bridgehead atoms. The first-order valence-electron chi connectivity index (χ1n) is 7.36. The summed E-state index contributed by atoms with van der Waals surface area (Å²) in [5.41, 5.74) is -1.39. The van der Waals surface area contributed by atoms with E-state index in [1.54, 1.807) is 0 Å². The maximum atomic E-state index is 13.4. The topological polar surface area (TPSA) is 52.6 Å². The fourth-order valence-corrected chi connectivity index (χ4v) is 1.69. The van der Waals surface area contributed by atoms with Gasteiger partial charge < -0.3 is 9.47 Å². The van der Waals surface area contributed by atoms with Crippen LogP contribution >= 0.6 is 0 Å². The Balaban J connectivity index is 2.46. The second-order valence-corrected chi connectivity index (χ2v) is 5.29. The zero-order valence-corrected chi connectivity index (χ0v) is 13.6. The van der Waals surface area contributed by atoms with Gasteiger partial charge in [0, 0.05) is 12.8 Å². The number of ether oxygens (including phenoxy) is 2. The molecule has 0 aliphatic rings. The highest BCUT2D eigenvalue weighted by molar-refractivity contribution is 5.72. The molecule has 1 aromatic rings. The van der Waals surface area contributed by atoms with Gasteiger partial charge in [-0.2, -0.15) is 8.78 Å². The number of halogens is 9. The van der Waals surface area contributed by atoms with Crippen LogP contribution in [0.25, 0.3) is 0 Å². The van der Waals surface area contributed by atoms with Crippen LogP contribution in [-0.4, -0.2) is 30.9 Å². The van der Waals surface area contributed by atoms with Gasteiger partial charge in [0.15, 0.2) is 29.9 Å². The number of hydrogen-bond acceptors (Lipinski definition) is 4. The summed E-state index contributed by atoms with van der Waals surface area (Å²) >= 11 is 0. The van der Waals surface area contributed by atoms with Crippen molar-refractivity contribution in [3.63, 3.8) is 0 Å². The summed E-state index contributed by atoms with van der Waals surface area (Å²) in [4.78, 5) is 22.5. The van der Waals surface area contributed by atoms with Gasteiger partial charge in [-0.05, 0) is 6.42 Å². The fourth-order valence-electron chi connectivity index (χ4n) is 1.69. The molecule has 0 saturated heterocycles. The van der Waals surface area contributed by atoms with Crippen molar-refractivity contribution in [1.82, 2.24) is 0 Å². The highest BCUT2D eigenvalue weighted by Gasteiger charge is 2.42. The van der Waals surface area contributed by atoms with E-state index in [-0.39, 0.29) is 6.42 Å². The molecule has 0 heterocycles. The van der Waals surface area contributed by atoms with Crippen molar-refractivity contribution in [3.05, 3.63) is 34.6 Å². The minimum absolute atomic E-state index is 0.380. The summed E-state index contributed by atoms with van der Waals surface area (Å²) in [6.45, 7) is -3.16. The molecule has 0 spiro atoms. The quantitative estimate of drug-likeness (QED) is 0.259. The predicted molar refractivity (Wildman–Crippen MR) is 71.8 cm³/mol. The van der Waals surface area contributed by atoms with Crippen LogP contribution in [0.3, 0.4) is 0 Å². The fraction of sp³-hybridized carbons (Fsp3) is 0.467. The van der Waals surface area contributed by atoms with E-state index in [1.165, 1.54) is 0 Å². The van der Waals surface area contributed by atoms with Crippen molar-refractivity contribution in [2.75, 3.05) is 6.61 Å². The lowest BCUT2D eigenvalue weighted by Crippen LogP contribution is -2.33. The van der Waals surface area contributed by atoms with Crippen LogP contribution in [-0.2, 0) is 25.7 Å². The largest absolute Gasteiger partial charge is 0.461 e. The first-order valence-corrected chi connectivity index (χ1v) is 7.36. The Kier molecular flexibility index (Phi) is 8.12. The maximum Gasteiger partial charge on any atom is 0.340 e. The summed E-state index contributed by atoms with van der Waals surface area (Å²) < 4.78 is 123. The zero-order valence-electron chi connectivity index (χ0n) is 13.6. The molecule has 28 heavy (non-hydrogen) atoms. The minimum atomic E-state index is -4.54. The van der Waals surface area contributed by atoms with Crippen molar-refractivity contribution in [3.8, 4) is 0 Å². The third-order valence-corrected chi connectivity index (χ3v) is 3.18. The molecule has 0 aliphatic carbocycles. The summed E-state index contributed by atoms with van der Waals surface area (Å²) in [7, 11) is 0. The number of benzene rings is 1. The Morgan fingerprint density at radius 2 is 1.21 bits per heavy atom. The van der Waals surface area contributed by atoms with Gasteiger partial charge in [-0.1, -0.05) is 0 Å². The van der Waals surface area contributed by atoms with E-state index in [2.05, 4.69) is 9.47 Å². The molecule has 4 nitrogen and oxygen atoms in total. The van der Waals surface area contributed by atoms with Crippen molar-refractivity contribution < 1.29 is 58.6 Å². The average Bonchev–Trinajstić information content (AvgIpc) is 2.63. The van der Waals surface area contributed by atoms with Gasteiger partial charge in [0.05, 0.1) is 5.56 Å². The lowest BCUT2D eigenvalue weighted by molar-refractivity contribution is -0.179. The number of alkyl halides is 4. The van der Waals surface area contributed by atoms with Crippen molar-refractivity contribution >= 4 is 11.9 Å². The van der Waals surface area contributed by atoms with E-state index < -0.39 is 85.0 Å². The summed E-state index contributed by atoms with van der Waals surface area (Å²) in [5, 5.41) is 0. The molecule has 0 fully saturated rings. The number of carbonyl (C=O) groups excluding carboxylic acids is 2. The van der Waals surface area contributed by atoms with E-state index in [0.717, 1.165) is 0 Å². The molecule has 0 N–H and O–H groups in total. The molecule has 0 unspecified atom stereocenters. The summed E-state index contributed by atoms with van der Waals surface area (Å²) in [6, 6.07) is 0. The summed E-state index contributed by atoms with van der Waals surface area (Å²) in [5.74, 6) is -18.3. The van der Waals surface area contributed by atoms with Crippen LogP contribution in [0.4, 0.5) is 39.5 Å². The zero-order chi connectivity index (χ0) is 21.6. The van der Waals surface area contributed by atoms with Crippen molar-refractivity contribution in [2.45, 2.75) is 38.2 Å². The molecule has 0 amide bonds. The average molecular weight is 426 g/mol. The van der Waals surface area contributed by atoms with Crippen LogP contribution in [0.1, 0.15) is 24.8 Å². The van der Waals surface area contributed by atoms with Crippen LogP contribution < -0.4 is 0 Å². The normalized spacial score (nSPS) is 11.6. The molecule has 0 atom stereocenters. The van der Waals surface area contributed by atoms with Crippen LogP contribution in [0.2, 0.25) is 0 Å². The SMILES string of the molecule is O=C(CCCC(=O)OCC(F)(F)C(F)F)OCc1c(F)c(F)c(F)c(F)c1F. The van der Waals surface area contributed by atoms with Gasteiger partial charge in [0.25, 0.3) is 0 Å². The minimum Gasteiger partial charge on any atom is -0.461 e. The van der Waals surface area contributed by atoms with E-state index in [0.29, 0.717) is 0 Å². The van der Waals surface area contributed by atoms with E-state index >= 15 is 0 Å².